The van der Waals surface area contributed by atoms with Crippen LogP contribution in [0.2, 0.25) is 0 Å². The maximum absolute atomic E-state index is 13.6. The van der Waals surface area contributed by atoms with Gasteiger partial charge in [-0.25, -0.2) is 4.39 Å². The minimum Gasteiger partial charge on any atom is -0.353 e. The van der Waals surface area contributed by atoms with Crippen LogP contribution in [0.5, 0.6) is 0 Å². The van der Waals surface area contributed by atoms with E-state index in [1.54, 1.807) is 6.07 Å². The van der Waals surface area contributed by atoms with E-state index < -0.39 is 0 Å². The number of benzene rings is 1. The highest BCUT2D eigenvalue weighted by Gasteiger charge is 2.33. The normalized spacial score (nSPS) is 26.3. The lowest BCUT2D eigenvalue weighted by Gasteiger charge is -2.41. The van der Waals surface area contributed by atoms with Crippen molar-refractivity contribution in [2.75, 3.05) is 13.1 Å². The van der Waals surface area contributed by atoms with Crippen molar-refractivity contribution in [1.29, 1.82) is 0 Å². The number of rotatable bonds is 3. The maximum Gasteiger partial charge on any atom is 0.220 e. The lowest BCUT2D eigenvalue weighted by atomic mass is 9.85. The van der Waals surface area contributed by atoms with E-state index >= 15 is 0 Å². The molecule has 2 saturated heterocycles. The van der Waals surface area contributed by atoms with Crippen LogP contribution in [-0.2, 0) is 17.9 Å². The number of nitrogens with one attached hydrogen (secondary N) is 1. The molecule has 0 aromatic heterocycles. The number of carbonyl (C=O) groups excluding carboxylic acids is 1. The fourth-order valence-electron chi connectivity index (χ4n) is 3.51. The molecule has 3 rings (SSSR count). The Labute approximate surface area is 124 Å². The van der Waals surface area contributed by atoms with Crippen molar-refractivity contribution in [2.45, 2.75) is 38.4 Å². The zero-order valence-electron chi connectivity index (χ0n) is 12.1. The van der Waals surface area contributed by atoms with Gasteiger partial charge in [-0.15, -0.1) is 0 Å². The average molecular weight is 291 g/mol. The fourth-order valence-corrected chi connectivity index (χ4v) is 3.51. The van der Waals surface area contributed by atoms with Crippen LogP contribution in [0.1, 0.15) is 30.4 Å². The van der Waals surface area contributed by atoms with E-state index in [0.717, 1.165) is 43.6 Å². The summed E-state index contributed by atoms with van der Waals surface area (Å²) < 4.78 is 13.6. The first kappa shape index (κ1) is 14.5. The Balaban J connectivity index is 1.64. The molecule has 2 unspecified atom stereocenters. The van der Waals surface area contributed by atoms with Gasteiger partial charge in [-0.2, -0.15) is 0 Å². The highest BCUT2D eigenvalue weighted by Crippen LogP contribution is 2.26. The molecular weight excluding hydrogens is 269 g/mol. The Morgan fingerprint density at radius 3 is 2.90 bits per heavy atom. The molecule has 0 radical (unpaired) electrons. The lowest BCUT2D eigenvalue weighted by molar-refractivity contribution is -0.125. The van der Waals surface area contributed by atoms with Crippen molar-refractivity contribution in [3.8, 4) is 0 Å². The van der Waals surface area contributed by atoms with Crippen LogP contribution in [0.25, 0.3) is 0 Å². The molecule has 2 aliphatic rings. The van der Waals surface area contributed by atoms with E-state index in [2.05, 4.69) is 10.2 Å². The molecule has 0 spiro atoms. The van der Waals surface area contributed by atoms with Crippen molar-refractivity contribution in [1.82, 2.24) is 10.2 Å². The Morgan fingerprint density at radius 2 is 2.10 bits per heavy atom. The molecule has 21 heavy (non-hydrogen) atoms. The fraction of sp³-hybridized carbons (Fsp3) is 0.562. The quantitative estimate of drug-likeness (QED) is 0.884. The van der Waals surface area contributed by atoms with E-state index in [-0.39, 0.29) is 11.7 Å². The highest BCUT2D eigenvalue weighted by molar-refractivity contribution is 5.77. The monoisotopic (exact) mass is 291 g/mol. The minimum atomic E-state index is -0.215. The second-order valence-corrected chi connectivity index (χ2v) is 6.17. The van der Waals surface area contributed by atoms with Crippen LogP contribution < -0.4 is 11.1 Å². The predicted octanol–water partition coefficient (Wildman–Crippen LogP) is 1.38. The summed E-state index contributed by atoms with van der Waals surface area (Å²) in [5.41, 5.74) is 7.42. The summed E-state index contributed by atoms with van der Waals surface area (Å²) in [6, 6.07) is 5.40. The molecule has 1 amide bonds. The maximum atomic E-state index is 13.6. The Bertz CT molecular complexity index is 534. The third-order valence-corrected chi connectivity index (χ3v) is 4.57. The molecular formula is C16H22FN3O. The zero-order chi connectivity index (χ0) is 14.8. The third-order valence-electron chi connectivity index (χ3n) is 4.57. The largest absolute Gasteiger partial charge is 0.353 e. The van der Waals surface area contributed by atoms with Crippen LogP contribution in [-0.4, -0.2) is 29.9 Å². The summed E-state index contributed by atoms with van der Waals surface area (Å²) in [7, 11) is 0. The SMILES string of the molecule is NCc1cc(F)cc(CN2CCC3NC(=O)CCC3C2)c1. The Hall–Kier alpha value is -1.46. The van der Waals surface area contributed by atoms with E-state index in [0.29, 0.717) is 24.9 Å². The molecule has 2 fully saturated rings. The standard InChI is InChI=1S/C16H22FN3O/c17-14-6-11(8-18)5-12(7-14)9-20-4-3-15-13(10-20)1-2-16(21)19-15/h5-7,13,15H,1-4,8-10,18H2,(H,19,21). The molecule has 0 saturated carbocycles. The molecule has 0 bridgehead atoms. The van der Waals surface area contributed by atoms with Gasteiger partial charge in [0.15, 0.2) is 0 Å². The van der Waals surface area contributed by atoms with E-state index in [1.165, 1.54) is 6.07 Å². The van der Waals surface area contributed by atoms with Gasteiger partial charge >= 0.3 is 0 Å². The summed E-state index contributed by atoms with van der Waals surface area (Å²) >= 11 is 0. The van der Waals surface area contributed by atoms with Crippen LogP contribution in [0.15, 0.2) is 18.2 Å². The average Bonchev–Trinajstić information content (AvgIpc) is 2.47. The van der Waals surface area contributed by atoms with Crippen molar-refractivity contribution in [2.24, 2.45) is 11.7 Å². The minimum absolute atomic E-state index is 0.183. The lowest BCUT2D eigenvalue weighted by Crippen LogP contribution is -2.53. The summed E-state index contributed by atoms with van der Waals surface area (Å²) in [5, 5.41) is 3.09. The van der Waals surface area contributed by atoms with E-state index in [1.807, 2.05) is 6.07 Å². The number of hydrogen-bond acceptors (Lipinski definition) is 3. The molecule has 3 N–H and O–H groups in total. The summed E-state index contributed by atoms with van der Waals surface area (Å²) in [5.74, 6) is 0.495. The van der Waals surface area contributed by atoms with Crippen molar-refractivity contribution in [3.63, 3.8) is 0 Å². The summed E-state index contributed by atoms with van der Waals surface area (Å²) in [4.78, 5) is 13.8. The molecule has 2 heterocycles. The third kappa shape index (κ3) is 3.41. The first-order valence-electron chi connectivity index (χ1n) is 7.64. The smallest absolute Gasteiger partial charge is 0.220 e. The molecule has 5 heteroatoms. The Kier molecular flexibility index (Phi) is 4.22. The van der Waals surface area contributed by atoms with Gasteiger partial charge in [0.2, 0.25) is 5.91 Å². The topological polar surface area (TPSA) is 58.4 Å². The Morgan fingerprint density at radius 1 is 1.29 bits per heavy atom. The van der Waals surface area contributed by atoms with Gasteiger partial charge in [0.05, 0.1) is 0 Å². The molecule has 2 aliphatic heterocycles. The van der Waals surface area contributed by atoms with Crippen LogP contribution in [0, 0.1) is 11.7 Å². The number of hydrogen-bond donors (Lipinski definition) is 2. The van der Waals surface area contributed by atoms with Crippen molar-refractivity contribution >= 4 is 5.91 Å². The van der Waals surface area contributed by atoms with Gasteiger partial charge in [0, 0.05) is 38.6 Å². The number of carbonyl (C=O) groups is 1. The first-order valence-corrected chi connectivity index (χ1v) is 7.64. The number of amides is 1. The van der Waals surface area contributed by atoms with Crippen molar-refractivity contribution in [3.05, 3.63) is 35.1 Å². The molecule has 2 atom stereocenters. The molecule has 4 nitrogen and oxygen atoms in total. The van der Waals surface area contributed by atoms with Crippen molar-refractivity contribution < 1.29 is 9.18 Å². The van der Waals surface area contributed by atoms with Gasteiger partial charge in [-0.05, 0) is 42.0 Å². The zero-order valence-corrected chi connectivity index (χ0v) is 12.1. The van der Waals surface area contributed by atoms with Gasteiger partial charge in [-0.1, -0.05) is 6.07 Å². The van der Waals surface area contributed by atoms with Gasteiger partial charge in [0.1, 0.15) is 5.82 Å². The number of fused-ring (bicyclic) bond motifs is 1. The van der Waals surface area contributed by atoms with E-state index in [9.17, 15) is 9.18 Å². The predicted molar refractivity (Wildman–Crippen MR) is 78.8 cm³/mol. The first-order chi connectivity index (χ1) is 10.1. The van der Waals surface area contributed by atoms with Crippen LogP contribution in [0.3, 0.4) is 0 Å². The van der Waals surface area contributed by atoms with Gasteiger partial charge in [0.25, 0.3) is 0 Å². The molecule has 1 aromatic carbocycles. The van der Waals surface area contributed by atoms with Gasteiger partial charge in [-0.3, -0.25) is 9.69 Å². The highest BCUT2D eigenvalue weighted by atomic mass is 19.1. The molecule has 0 aliphatic carbocycles. The van der Waals surface area contributed by atoms with Crippen LogP contribution in [0.4, 0.5) is 4.39 Å². The number of halogens is 1. The second kappa shape index (κ2) is 6.12. The van der Waals surface area contributed by atoms with E-state index in [4.69, 9.17) is 5.73 Å². The van der Waals surface area contributed by atoms with Gasteiger partial charge < -0.3 is 11.1 Å². The number of likely N-dealkylation sites (tertiary alicyclic amines) is 1. The van der Waals surface area contributed by atoms with Crippen LogP contribution >= 0.6 is 0 Å². The second-order valence-electron chi connectivity index (χ2n) is 6.17. The number of nitrogens with two attached hydrogens (primary N) is 1. The molecule has 1 aromatic rings. The number of nitrogens with zero attached hydrogens (tertiary/aromatic N) is 1. The molecule has 114 valence electrons. The number of piperidine rings is 2. The summed E-state index contributed by atoms with van der Waals surface area (Å²) in [6.07, 6.45) is 2.58. The summed E-state index contributed by atoms with van der Waals surface area (Å²) in [6.45, 7) is 3.03.